The zero-order valence-electron chi connectivity index (χ0n) is 13.0. The zero-order valence-corrected chi connectivity index (χ0v) is 13.0. The summed E-state index contributed by atoms with van der Waals surface area (Å²) in [4.78, 5) is 16.2. The predicted molar refractivity (Wildman–Crippen MR) is 87.2 cm³/mol. The topological polar surface area (TPSA) is 75.4 Å². The van der Waals surface area contributed by atoms with E-state index in [4.69, 9.17) is 4.42 Å². The van der Waals surface area contributed by atoms with Crippen molar-refractivity contribution in [1.29, 1.82) is 0 Å². The zero-order chi connectivity index (χ0) is 16.4. The first-order chi connectivity index (χ1) is 11.1. The highest BCUT2D eigenvalue weighted by Crippen LogP contribution is 2.26. The van der Waals surface area contributed by atoms with E-state index in [2.05, 4.69) is 10.3 Å². The van der Waals surface area contributed by atoms with Crippen LogP contribution >= 0.6 is 0 Å². The molecule has 0 bridgehead atoms. The summed E-state index contributed by atoms with van der Waals surface area (Å²) in [5.41, 5.74) is 3.28. The summed E-state index contributed by atoms with van der Waals surface area (Å²) < 4.78 is 5.68. The van der Waals surface area contributed by atoms with E-state index in [0.29, 0.717) is 11.1 Å². The lowest BCUT2D eigenvalue weighted by molar-refractivity contribution is 0.0890. The minimum atomic E-state index is -0.783. The number of benzene rings is 1. The van der Waals surface area contributed by atoms with Crippen LogP contribution in [-0.2, 0) is 0 Å². The van der Waals surface area contributed by atoms with Gasteiger partial charge in [0, 0.05) is 29.9 Å². The Balaban J connectivity index is 1.75. The number of aliphatic hydroxyl groups is 1. The summed E-state index contributed by atoms with van der Waals surface area (Å²) in [5.74, 6) is -0.0445. The van der Waals surface area contributed by atoms with E-state index in [9.17, 15) is 9.90 Å². The lowest BCUT2D eigenvalue weighted by Gasteiger charge is -2.11. The van der Waals surface area contributed by atoms with Gasteiger partial charge in [-0.3, -0.25) is 9.78 Å². The van der Waals surface area contributed by atoms with Gasteiger partial charge in [-0.1, -0.05) is 12.1 Å². The van der Waals surface area contributed by atoms with E-state index < -0.39 is 6.10 Å². The van der Waals surface area contributed by atoms with Crippen molar-refractivity contribution in [1.82, 2.24) is 10.3 Å². The van der Waals surface area contributed by atoms with Crippen molar-refractivity contribution >= 4 is 16.9 Å². The van der Waals surface area contributed by atoms with E-state index in [1.54, 1.807) is 24.5 Å². The summed E-state index contributed by atoms with van der Waals surface area (Å²) in [7, 11) is 0. The van der Waals surface area contributed by atoms with Gasteiger partial charge in [-0.15, -0.1) is 0 Å². The monoisotopic (exact) mass is 310 g/mol. The molecule has 0 radical (unpaired) electrons. The molecule has 0 aliphatic rings. The predicted octanol–water partition coefficient (Wildman–Crippen LogP) is 2.91. The largest absolute Gasteiger partial charge is 0.451 e. The van der Waals surface area contributed by atoms with Crippen LogP contribution < -0.4 is 5.32 Å². The third kappa shape index (κ3) is 3.10. The highest BCUT2D eigenvalue weighted by Gasteiger charge is 2.18. The van der Waals surface area contributed by atoms with E-state index in [-0.39, 0.29) is 18.2 Å². The van der Waals surface area contributed by atoms with Crippen molar-refractivity contribution in [3.05, 3.63) is 65.2 Å². The summed E-state index contributed by atoms with van der Waals surface area (Å²) in [6, 6.07) is 9.27. The standard InChI is InChI=1S/C18H18N2O3/c1-11-3-4-14-12(2)17(23-16(14)9-11)18(22)20-10-15(21)13-5-7-19-8-6-13/h3-9,15,21H,10H2,1-2H3,(H,20,22). The van der Waals surface area contributed by atoms with Crippen LogP contribution in [0.4, 0.5) is 0 Å². The van der Waals surface area contributed by atoms with Crippen molar-refractivity contribution in [2.45, 2.75) is 20.0 Å². The van der Waals surface area contributed by atoms with Gasteiger partial charge in [-0.25, -0.2) is 0 Å². The second kappa shape index (κ2) is 6.22. The summed E-state index contributed by atoms with van der Waals surface area (Å²) in [6.07, 6.45) is 2.42. The molecule has 0 fully saturated rings. The minimum absolute atomic E-state index is 0.109. The lowest BCUT2D eigenvalue weighted by Crippen LogP contribution is -2.28. The number of amides is 1. The number of hydrogen-bond donors (Lipinski definition) is 2. The average Bonchev–Trinajstić information content (AvgIpc) is 2.89. The first kappa shape index (κ1) is 15.2. The molecule has 3 aromatic rings. The second-order valence-corrected chi connectivity index (χ2v) is 5.56. The Bertz CT molecular complexity index is 840. The molecule has 1 unspecified atom stereocenters. The molecule has 0 spiro atoms. The van der Waals surface area contributed by atoms with Gasteiger partial charge in [0.1, 0.15) is 5.58 Å². The van der Waals surface area contributed by atoms with Crippen molar-refractivity contribution in [2.75, 3.05) is 6.54 Å². The Morgan fingerprint density at radius 1 is 1.26 bits per heavy atom. The number of carbonyl (C=O) groups is 1. The molecule has 0 saturated heterocycles. The van der Waals surface area contributed by atoms with Gasteiger partial charge in [0.15, 0.2) is 5.76 Å². The van der Waals surface area contributed by atoms with E-state index in [1.165, 1.54) is 0 Å². The molecule has 23 heavy (non-hydrogen) atoms. The van der Waals surface area contributed by atoms with Crippen molar-refractivity contribution in [2.24, 2.45) is 0 Å². The van der Waals surface area contributed by atoms with Crippen LogP contribution in [0.2, 0.25) is 0 Å². The molecule has 1 atom stereocenters. The average molecular weight is 310 g/mol. The van der Waals surface area contributed by atoms with Gasteiger partial charge in [0.05, 0.1) is 6.10 Å². The SMILES string of the molecule is Cc1ccc2c(C)c(C(=O)NCC(O)c3ccncc3)oc2c1. The number of carbonyl (C=O) groups excluding carboxylic acids is 1. The third-order valence-corrected chi connectivity index (χ3v) is 3.85. The summed E-state index contributed by atoms with van der Waals surface area (Å²) in [5, 5.41) is 13.7. The van der Waals surface area contributed by atoms with Crippen LogP contribution in [0.1, 0.15) is 33.3 Å². The van der Waals surface area contributed by atoms with E-state index in [0.717, 1.165) is 16.5 Å². The van der Waals surface area contributed by atoms with Crippen LogP contribution in [0.15, 0.2) is 47.1 Å². The third-order valence-electron chi connectivity index (χ3n) is 3.85. The maximum Gasteiger partial charge on any atom is 0.287 e. The van der Waals surface area contributed by atoms with Gasteiger partial charge >= 0.3 is 0 Å². The fourth-order valence-electron chi connectivity index (χ4n) is 2.52. The Morgan fingerprint density at radius 2 is 2.00 bits per heavy atom. The number of nitrogens with zero attached hydrogens (tertiary/aromatic N) is 1. The van der Waals surface area contributed by atoms with Crippen LogP contribution in [-0.4, -0.2) is 22.5 Å². The molecule has 0 aliphatic heterocycles. The number of rotatable bonds is 4. The van der Waals surface area contributed by atoms with Crippen LogP contribution in [0.3, 0.4) is 0 Å². The first-order valence-corrected chi connectivity index (χ1v) is 7.42. The molecule has 2 heterocycles. The van der Waals surface area contributed by atoms with Crippen molar-refractivity contribution < 1.29 is 14.3 Å². The highest BCUT2D eigenvalue weighted by atomic mass is 16.3. The van der Waals surface area contributed by atoms with Gasteiger partial charge < -0.3 is 14.8 Å². The van der Waals surface area contributed by atoms with Gasteiger partial charge in [0.25, 0.3) is 5.91 Å². The van der Waals surface area contributed by atoms with Gasteiger partial charge in [0.2, 0.25) is 0 Å². The number of aliphatic hydroxyl groups excluding tert-OH is 1. The molecule has 0 saturated carbocycles. The molecule has 2 N–H and O–H groups in total. The van der Waals surface area contributed by atoms with Gasteiger partial charge in [-0.05, 0) is 43.2 Å². The summed E-state index contributed by atoms with van der Waals surface area (Å²) in [6.45, 7) is 3.94. The number of aryl methyl sites for hydroxylation is 2. The normalized spacial score (nSPS) is 12.3. The fourth-order valence-corrected chi connectivity index (χ4v) is 2.52. The number of fused-ring (bicyclic) bond motifs is 1. The molecule has 2 aromatic heterocycles. The van der Waals surface area contributed by atoms with Gasteiger partial charge in [-0.2, -0.15) is 0 Å². The summed E-state index contributed by atoms with van der Waals surface area (Å²) >= 11 is 0. The second-order valence-electron chi connectivity index (χ2n) is 5.56. The minimum Gasteiger partial charge on any atom is -0.451 e. The van der Waals surface area contributed by atoms with Crippen molar-refractivity contribution in [3.8, 4) is 0 Å². The number of pyridine rings is 1. The number of nitrogens with one attached hydrogen (secondary N) is 1. The van der Waals surface area contributed by atoms with Crippen LogP contribution in [0.5, 0.6) is 0 Å². The number of hydrogen-bond acceptors (Lipinski definition) is 4. The molecular formula is C18H18N2O3. The van der Waals surface area contributed by atoms with E-state index >= 15 is 0 Å². The van der Waals surface area contributed by atoms with Crippen LogP contribution in [0, 0.1) is 13.8 Å². The highest BCUT2D eigenvalue weighted by molar-refractivity contribution is 5.99. The van der Waals surface area contributed by atoms with Crippen LogP contribution in [0.25, 0.3) is 11.0 Å². The molecule has 0 aliphatic carbocycles. The Labute approximate surface area is 134 Å². The van der Waals surface area contributed by atoms with Crippen molar-refractivity contribution in [3.63, 3.8) is 0 Å². The Kier molecular flexibility index (Phi) is 4.12. The molecule has 3 rings (SSSR count). The molecular weight excluding hydrogens is 292 g/mol. The molecule has 1 amide bonds. The number of furan rings is 1. The molecule has 118 valence electrons. The quantitative estimate of drug-likeness (QED) is 0.777. The molecule has 5 nitrogen and oxygen atoms in total. The maximum atomic E-state index is 12.3. The number of aromatic nitrogens is 1. The first-order valence-electron chi connectivity index (χ1n) is 7.42. The smallest absolute Gasteiger partial charge is 0.287 e. The fraction of sp³-hybridized carbons (Fsp3) is 0.222. The Morgan fingerprint density at radius 3 is 2.74 bits per heavy atom. The Hall–Kier alpha value is -2.66. The van der Waals surface area contributed by atoms with E-state index in [1.807, 2.05) is 32.0 Å². The molecule has 1 aromatic carbocycles. The maximum absolute atomic E-state index is 12.3. The molecule has 5 heteroatoms. The lowest BCUT2D eigenvalue weighted by atomic mass is 10.1.